The zero-order valence-electron chi connectivity index (χ0n) is 12.5. The van der Waals surface area contributed by atoms with E-state index in [-0.39, 0.29) is 6.61 Å². The van der Waals surface area contributed by atoms with Crippen molar-refractivity contribution in [3.05, 3.63) is 23.9 Å². The molecule has 2 N–H and O–H groups in total. The van der Waals surface area contributed by atoms with Gasteiger partial charge in [-0.05, 0) is 19.5 Å². The van der Waals surface area contributed by atoms with Gasteiger partial charge in [0.15, 0.2) is 0 Å². The average Bonchev–Trinajstić information content (AvgIpc) is 2.49. The standard InChI is InChI=1S/C15H26N4O/c1-3-16-13(2)14-5-4-6-17-15(14)19-9-7-18(8-10-19)11-12-20/h4-6,13,16,20H,3,7-12H2,1-2H3. The highest BCUT2D eigenvalue weighted by Crippen LogP contribution is 2.24. The van der Waals surface area contributed by atoms with Crippen molar-refractivity contribution in [2.24, 2.45) is 0 Å². The van der Waals surface area contributed by atoms with E-state index in [1.165, 1.54) is 5.56 Å². The summed E-state index contributed by atoms with van der Waals surface area (Å²) in [6.07, 6.45) is 1.87. The molecule has 0 aromatic carbocycles. The highest BCUT2D eigenvalue weighted by molar-refractivity contribution is 5.48. The largest absolute Gasteiger partial charge is 0.395 e. The van der Waals surface area contributed by atoms with Crippen LogP contribution in [-0.2, 0) is 0 Å². The Balaban J connectivity index is 2.06. The fourth-order valence-corrected chi connectivity index (χ4v) is 2.75. The second kappa shape index (κ2) is 7.57. The van der Waals surface area contributed by atoms with Gasteiger partial charge < -0.3 is 15.3 Å². The number of aliphatic hydroxyl groups is 1. The lowest BCUT2D eigenvalue weighted by Crippen LogP contribution is -2.47. The lowest BCUT2D eigenvalue weighted by Gasteiger charge is -2.36. The van der Waals surface area contributed by atoms with Crippen molar-refractivity contribution in [3.63, 3.8) is 0 Å². The predicted octanol–water partition coefficient (Wildman–Crippen LogP) is 0.866. The van der Waals surface area contributed by atoms with Crippen LogP contribution in [0.5, 0.6) is 0 Å². The second-order valence-electron chi connectivity index (χ2n) is 5.25. The van der Waals surface area contributed by atoms with E-state index in [9.17, 15) is 0 Å². The molecule has 1 fully saturated rings. The number of nitrogens with zero attached hydrogens (tertiary/aromatic N) is 3. The van der Waals surface area contributed by atoms with Gasteiger partial charge in [-0.25, -0.2) is 4.98 Å². The second-order valence-corrected chi connectivity index (χ2v) is 5.25. The number of hydrogen-bond donors (Lipinski definition) is 2. The summed E-state index contributed by atoms with van der Waals surface area (Å²) in [6, 6.07) is 4.49. The first-order valence-corrected chi connectivity index (χ1v) is 7.52. The van der Waals surface area contributed by atoms with Crippen molar-refractivity contribution in [2.45, 2.75) is 19.9 Å². The van der Waals surface area contributed by atoms with Gasteiger partial charge in [0.2, 0.25) is 0 Å². The van der Waals surface area contributed by atoms with Crippen molar-refractivity contribution in [1.29, 1.82) is 0 Å². The number of pyridine rings is 1. The summed E-state index contributed by atoms with van der Waals surface area (Å²) < 4.78 is 0. The summed E-state index contributed by atoms with van der Waals surface area (Å²) >= 11 is 0. The van der Waals surface area contributed by atoms with Crippen LogP contribution in [0.25, 0.3) is 0 Å². The summed E-state index contributed by atoms with van der Waals surface area (Å²) in [5.74, 6) is 1.10. The Bertz CT molecular complexity index is 405. The quantitative estimate of drug-likeness (QED) is 0.808. The van der Waals surface area contributed by atoms with Crippen LogP contribution in [0.2, 0.25) is 0 Å². The van der Waals surface area contributed by atoms with E-state index in [1.54, 1.807) is 0 Å². The molecule has 0 bridgehead atoms. The Labute approximate surface area is 121 Å². The number of anilines is 1. The van der Waals surface area contributed by atoms with Crippen LogP contribution < -0.4 is 10.2 Å². The first-order chi connectivity index (χ1) is 9.76. The molecule has 1 aromatic heterocycles. The van der Waals surface area contributed by atoms with E-state index >= 15 is 0 Å². The molecule has 1 aromatic rings. The smallest absolute Gasteiger partial charge is 0.133 e. The van der Waals surface area contributed by atoms with Gasteiger partial charge >= 0.3 is 0 Å². The first-order valence-electron chi connectivity index (χ1n) is 7.52. The van der Waals surface area contributed by atoms with Crippen molar-refractivity contribution in [3.8, 4) is 0 Å². The van der Waals surface area contributed by atoms with Crippen LogP contribution in [-0.4, -0.2) is 60.9 Å². The molecule has 1 unspecified atom stereocenters. The van der Waals surface area contributed by atoms with E-state index in [1.807, 2.05) is 12.3 Å². The van der Waals surface area contributed by atoms with Crippen LogP contribution >= 0.6 is 0 Å². The Morgan fingerprint density at radius 2 is 2.10 bits per heavy atom. The lowest BCUT2D eigenvalue weighted by molar-refractivity contribution is 0.188. The van der Waals surface area contributed by atoms with Crippen molar-refractivity contribution < 1.29 is 5.11 Å². The normalized spacial score (nSPS) is 18.2. The molecule has 0 aliphatic carbocycles. The molecule has 2 rings (SSSR count). The molecule has 0 radical (unpaired) electrons. The summed E-state index contributed by atoms with van der Waals surface area (Å²) in [6.45, 7) is 10.2. The van der Waals surface area contributed by atoms with Crippen LogP contribution in [0.15, 0.2) is 18.3 Å². The number of β-amino-alcohol motifs (C(OH)–C–C–N with tert-alkyl or cyclic N) is 1. The topological polar surface area (TPSA) is 51.6 Å². The van der Waals surface area contributed by atoms with Crippen molar-refractivity contribution >= 4 is 5.82 Å². The molecule has 1 atom stereocenters. The molecule has 2 heterocycles. The zero-order chi connectivity index (χ0) is 14.4. The van der Waals surface area contributed by atoms with Gasteiger partial charge in [0.25, 0.3) is 0 Å². The minimum absolute atomic E-state index is 0.242. The summed E-state index contributed by atoms with van der Waals surface area (Å²) in [5, 5.41) is 12.5. The molecule has 0 spiro atoms. The Morgan fingerprint density at radius 3 is 2.75 bits per heavy atom. The number of piperazine rings is 1. The molecule has 20 heavy (non-hydrogen) atoms. The third kappa shape index (κ3) is 3.69. The summed E-state index contributed by atoms with van der Waals surface area (Å²) in [5.41, 5.74) is 1.27. The van der Waals surface area contributed by atoms with Gasteiger partial charge in [-0.2, -0.15) is 0 Å². The SMILES string of the molecule is CCNC(C)c1cccnc1N1CCN(CCO)CC1. The Morgan fingerprint density at radius 1 is 1.35 bits per heavy atom. The molecule has 1 aliphatic heterocycles. The Kier molecular flexibility index (Phi) is 5.76. The van der Waals surface area contributed by atoms with Crippen LogP contribution in [0.4, 0.5) is 5.82 Å². The van der Waals surface area contributed by atoms with E-state index in [2.05, 4.69) is 40.0 Å². The molecule has 5 heteroatoms. The van der Waals surface area contributed by atoms with Gasteiger partial charge in [-0.1, -0.05) is 13.0 Å². The van der Waals surface area contributed by atoms with Gasteiger partial charge in [0.1, 0.15) is 5.82 Å². The molecular weight excluding hydrogens is 252 g/mol. The molecule has 5 nitrogen and oxygen atoms in total. The summed E-state index contributed by atoms with van der Waals surface area (Å²) in [4.78, 5) is 9.25. The minimum Gasteiger partial charge on any atom is -0.395 e. The number of nitrogens with one attached hydrogen (secondary N) is 1. The molecule has 112 valence electrons. The zero-order valence-corrected chi connectivity index (χ0v) is 12.5. The third-order valence-electron chi connectivity index (χ3n) is 3.88. The van der Waals surface area contributed by atoms with Gasteiger partial charge in [0.05, 0.1) is 6.61 Å². The molecule has 1 saturated heterocycles. The molecular formula is C15H26N4O. The molecule has 0 saturated carbocycles. The number of aromatic nitrogens is 1. The lowest BCUT2D eigenvalue weighted by atomic mass is 10.1. The van der Waals surface area contributed by atoms with Crippen molar-refractivity contribution in [1.82, 2.24) is 15.2 Å². The van der Waals surface area contributed by atoms with Crippen LogP contribution in [0.1, 0.15) is 25.5 Å². The summed E-state index contributed by atoms with van der Waals surface area (Å²) in [7, 11) is 0. The van der Waals surface area contributed by atoms with Gasteiger partial charge in [-0.15, -0.1) is 0 Å². The van der Waals surface area contributed by atoms with Crippen LogP contribution in [0, 0.1) is 0 Å². The van der Waals surface area contributed by atoms with E-state index < -0.39 is 0 Å². The monoisotopic (exact) mass is 278 g/mol. The maximum absolute atomic E-state index is 9.00. The number of aliphatic hydroxyl groups excluding tert-OH is 1. The fraction of sp³-hybridized carbons (Fsp3) is 0.667. The molecule has 0 amide bonds. The van der Waals surface area contributed by atoms with E-state index in [4.69, 9.17) is 5.11 Å². The van der Waals surface area contributed by atoms with Gasteiger partial charge in [-0.3, -0.25) is 4.90 Å². The highest BCUT2D eigenvalue weighted by atomic mass is 16.3. The highest BCUT2D eigenvalue weighted by Gasteiger charge is 2.21. The average molecular weight is 278 g/mol. The number of rotatable bonds is 6. The minimum atomic E-state index is 0.242. The fourth-order valence-electron chi connectivity index (χ4n) is 2.75. The van der Waals surface area contributed by atoms with E-state index in [0.717, 1.165) is 45.1 Å². The van der Waals surface area contributed by atoms with Crippen LogP contribution in [0.3, 0.4) is 0 Å². The predicted molar refractivity (Wildman–Crippen MR) is 82.1 cm³/mol. The number of hydrogen-bond acceptors (Lipinski definition) is 5. The third-order valence-corrected chi connectivity index (χ3v) is 3.88. The van der Waals surface area contributed by atoms with Crippen molar-refractivity contribution in [2.75, 3.05) is 50.8 Å². The molecule has 1 aliphatic rings. The Hall–Kier alpha value is -1.17. The van der Waals surface area contributed by atoms with E-state index in [0.29, 0.717) is 6.04 Å². The maximum Gasteiger partial charge on any atom is 0.133 e. The first kappa shape index (κ1) is 15.2. The van der Waals surface area contributed by atoms with Gasteiger partial charge in [0, 0.05) is 50.5 Å². The maximum atomic E-state index is 9.00.